The second-order valence-corrected chi connectivity index (χ2v) is 8.41. The van der Waals surface area contributed by atoms with Gasteiger partial charge in [-0.1, -0.05) is 36.4 Å². The Labute approximate surface area is 183 Å². The lowest BCUT2D eigenvalue weighted by Gasteiger charge is -2.25. The van der Waals surface area contributed by atoms with Crippen molar-refractivity contribution < 1.29 is 4.79 Å². The van der Waals surface area contributed by atoms with Crippen LogP contribution in [0.25, 0.3) is 0 Å². The molecule has 0 radical (unpaired) electrons. The van der Waals surface area contributed by atoms with Crippen LogP contribution in [-0.4, -0.2) is 49.5 Å². The van der Waals surface area contributed by atoms with Crippen molar-refractivity contribution in [3.63, 3.8) is 0 Å². The highest BCUT2D eigenvalue weighted by molar-refractivity contribution is 7.10. The average molecular weight is 428 g/mol. The third-order valence-electron chi connectivity index (χ3n) is 5.20. The summed E-state index contributed by atoms with van der Waals surface area (Å²) in [6.07, 6.45) is 2.95. The number of aliphatic imine (C=N–C) groups is 1. The maximum Gasteiger partial charge on any atom is 0.222 e. The van der Waals surface area contributed by atoms with Gasteiger partial charge in [-0.25, -0.2) is 0 Å². The van der Waals surface area contributed by atoms with Crippen LogP contribution in [0.1, 0.15) is 42.7 Å². The Morgan fingerprint density at radius 3 is 2.60 bits per heavy atom. The third-order valence-corrected chi connectivity index (χ3v) is 6.17. The van der Waals surface area contributed by atoms with Crippen LogP contribution in [0.4, 0.5) is 0 Å². The van der Waals surface area contributed by atoms with Crippen molar-refractivity contribution in [2.45, 2.75) is 38.8 Å². The molecule has 1 fully saturated rings. The van der Waals surface area contributed by atoms with Gasteiger partial charge < -0.3 is 16.0 Å². The third kappa shape index (κ3) is 7.15. The molecule has 3 N–H and O–H groups in total. The molecule has 1 unspecified atom stereocenters. The molecule has 7 heteroatoms. The van der Waals surface area contributed by atoms with E-state index in [0.717, 1.165) is 37.7 Å². The van der Waals surface area contributed by atoms with Crippen LogP contribution < -0.4 is 16.0 Å². The topological polar surface area (TPSA) is 68.8 Å². The summed E-state index contributed by atoms with van der Waals surface area (Å²) < 4.78 is 0. The second kappa shape index (κ2) is 12.3. The molecule has 1 aliphatic rings. The van der Waals surface area contributed by atoms with Crippen molar-refractivity contribution in [2.75, 3.05) is 32.7 Å². The van der Waals surface area contributed by atoms with E-state index in [9.17, 15) is 4.79 Å². The molecule has 1 amide bonds. The number of benzene rings is 1. The number of nitrogens with one attached hydrogen (secondary N) is 3. The van der Waals surface area contributed by atoms with Crippen molar-refractivity contribution in [2.24, 2.45) is 4.99 Å². The Morgan fingerprint density at radius 1 is 1.10 bits per heavy atom. The van der Waals surface area contributed by atoms with Crippen LogP contribution >= 0.6 is 11.3 Å². The molecule has 0 bridgehead atoms. The predicted octanol–water partition coefficient (Wildman–Crippen LogP) is 3.15. The van der Waals surface area contributed by atoms with Gasteiger partial charge in [0.15, 0.2) is 5.96 Å². The maximum atomic E-state index is 12.1. The van der Waals surface area contributed by atoms with Gasteiger partial charge in [0.25, 0.3) is 0 Å². The molecule has 2 aromatic rings. The zero-order valence-electron chi connectivity index (χ0n) is 17.8. The highest BCUT2D eigenvalue weighted by Crippen LogP contribution is 2.28. The van der Waals surface area contributed by atoms with Gasteiger partial charge in [-0.2, -0.15) is 0 Å². The predicted molar refractivity (Wildman–Crippen MR) is 125 cm³/mol. The minimum absolute atomic E-state index is 0.0377. The van der Waals surface area contributed by atoms with Gasteiger partial charge in [0.2, 0.25) is 5.91 Å². The normalized spacial score (nSPS) is 15.7. The zero-order valence-corrected chi connectivity index (χ0v) is 18.6. The van der Waals surface area contributed by atoms with Gasteiger partial charge in [-0.15, -0.1) is 11.3 Å². The van der Waals surface area contributed by atoms with Gasteiger partial charge in [-0.3, -0.25) is 14.7 Å². The molecule has 1 atom stereocenters. The number of thiophene rings is 1. The highest BCUT2D eigenvalue weighted by atomic mass is 32.1. The molecule has 0 aliphatic carbocycles. The zero-order chi connectivity index (χ0) is 21.0. The maximum absolute atomic E-state index is 12.1. The largest absolute Gasteiger partial charge is 0.357 e. The molecular formula is C23H33N5OS. The summed E-state index contributed by atoms with van der Waals surface area (Å²) in [5.74, 6) is 0.810. The van der Waals surface area contributed by atoms with Gasteiger partial charge in [-0.05, 0) is 49.9 Å². The van der Waals surface area contributed by atoms with Crippen molar-refractivity contribution in [1.29, 1.82) is 0 Å². The van der Waals surface area contributed by atoms with E-state index in [1.54, 1.807) is 11.3 Å². The van der Waals surface area contributed by atoms with E-state index in [4.69, 9.17) is 4.99 Å². The monoisotopic (exact) mass is 427 g/mol. The molecule has 2 heterocycles. The van der Waals surface area contributed by atoms with Crippen molar-refractivity contribution in [1.82, 2.24) is 20.9 Å². The molecule has 1 aromatic heterocycles. The van der Waals surface area contributed by atoms with Gasteiger partial charge >= 0.3 is 0 Å². The number of amides is 1. The molecule has 1 saturated heterocycles. The lowest BCUT2D eigenvalue weighted by atomic mass is 10.2. The molecule has 162 valence electrons. The SMILES string of the molecule is CCNC(=NCC(c1cccs1)N1CCCC1)NCCC(=O)NCc1ccccc1. The highest BCUT2D eigenvalue weighted by Gasteiger charge is 2.24. The molecule has 1 aliphatic heterocycles. The summed E-state index contributed by atoms with van der Waals surface area (Å²) >= 11 is 1.80. The average Bonchev–Trinajstić information content (AvgIpc) is 3.48. The summed E-state index contributed by atoms with van der Waals surface area (Å²) in [4.78, 5) is 20.9. The first-order chi connectivity index (χ1) is 14.8. The lowest BCUT2D eigenvalue weighted by Crippen LogP contribution is -2.40. The van der Waals surface area contributed by atoms with Crippen molar-refractivity contribution >= 4 is 23.2 Å². The lowest BCUT2D eigenvalue weighted by molar-refractivity contribution is -0.121. The van der Waals surface area contributed by atoms with E-state index in [2.05, 4.69) is 45.3 Å². The molecule has 0 saturated carbocycles. The fraction of sp³-hybridized carbons (Fsp3) is 0.478. The summed E-state index contributed by atoms with van der Waals surface area (Å²) in [7, 11) is 0. The van der Waals surface area contributed by atoms with Crippen molar-refractivity contribution in [3.8, 4) is 0 Å². The quantitative estimate of drug-likeness (QED) is 0.402. The smallest absolute Gasteiger partial charge is 0.222 e. The van der Waals surface area contributed by atoms with Crippen LogP contribution in [0.2, 0.25) is 0 Å². The number of hydrogen-bond acceptors (Lipinski definition) is 4. The van der Waals surface area contributed by atoms with E-state index >= 15 is 0 Å². The number of carbonyl (C=O) groups is 1. The molecule has 30 heavy (non-hydrogen) atoms. The van der Waals surface area contributed by atoms with E-state index in [0.29, 0.717) is 25.6 Å². The first-order valence-corrected chi connectivity index (χ1v) is 11.7. The Kier molecular flexibility index (Phi) is 9.18. The minimum atomic E-state index is 0.0377. The fourth-order valence-corrected chi connectivity index (χ4v) is 4.47. The van der Waals surface area contributed by atoms with Crippen LogP contribution in [0, 0.1) is 0 Å². The number of carbonyl (C=O) groups excluding carboxylic acids is 1. The van der Waals surface area contributed by atoms with E-state index in [-0.39, 0.29) is 5.91 Å². The van der Waals surface area contributed by atoms with Crippen molar-refractivity contribution in [3.05, 3.63) is 58.3 Å². The Bertz CT molecular complexity index is 772. The van der Waals surface area contributed by atoms with Gasteiger partial charge in [0.1, 0.15) is 0 Å². The summed E-state index contributed by atoms with van der Waals surface area (Å²) in [6, 6.07) is 14.6. The van der Waals surface area contributed by atoms with E-state index in [1.165, 1.54) is 17.7 Å². The van der Waals surface area contributed by atoms with Crippen LogP contribution in [0.3, 0.4) is 0 Å². The first kappa shape index (κ1) is 22.3. The molecule has 0 spiro atoms. The number of likely N-dealkylation sites (tertiary alicyclic amines) is 1. The Hall–Kier alpha value is -2.38. The Balaban J connectivity index is 1.47. The molecular weight excluding hydrogens is 394 g/mol. The number of hydrogen-bond donors (Lipinski definition) is 3. The number of guanidine groups is 1. The van der Waals surface area contributed by atoms with Crippen LogP contribution in [0.15, 0.2) is 52.8 Å². The summed E-state index contributed by atoms with van der Waals surface area (Å²) in [5, 5.41) is 11.7. The first-order valence-electron chi connectivity index (χ1n) is 10.9. The summed E-state index contributed by atoms with van der Waals surface area (Å²) in [6.45, 7) is 6.97. The molecule has 6 nitrogen and oxygen atoms in total. The summed E-state index contributed by atoms with van der Waals surface area (Å²) in [5.41, 5.74) is 1.11. The standard InChI is InChI=1S/C23H33N5OS/c1-2-24-23(25-13-12-22(29)26-17-19-9-4-3-5-10-19)27-18-20(21-11-8-16-30-21)28-14-6-7-15-28/h3-5,8-11,16,20H,2,6-7,12-15,17-18H2,1H3,(H,26,29)(H2,24,25,27). The number of rotatable bonds is 10. The van der Waals surface area contributed by atoms with Crippen LogP contribution in [-0.2, 0) is 11.3 Å². The fourth-order valence-electron chi connectivity index (χ4n) is 3.62. The van der Waals surface area contributed by atoms with Gasteiger partial charge in [0.05, 0.1) is 12.6 Å². The molecule has 1 aromatic carbocycles. The number of nitrogens with zero attached hydrogens (tertiary/aromatic N) is 2. The van der Waals surface area contributed by atoms with Crippen LogP contribution in [0.5, 0.6) is 0 Å². The van der Waals surface area contributed by atoms with E-state index in [1.807, 2.05) is 30.3 Å². The minimum Gasteiger partial charge on any atom is -0.357 e. The van der Waals surface area contributed by atoms with Gasteiger partial charge in [0, 0.05) is 30.9 Å². The van der Waals surface area contributed by atoms with E-state index < -0.39 is 0 Å². The Morgan fingerprint density at radius 2 is 1.90 bits per heavy atom. The molecule has 3 rings (SSSR count). The second-order valence-electron chi connectivity index (χ2n) is 7.43.